The summed E-state index contributed by atoms with van der Waals surface area (Å²) in [5.41, 5.74) is 6.36. The lowest BCUT2D eigenvalue weighted by atomic mass is 9.55. The molecule has 0 fully saturated rings. The Morgan fingerprint density at radius 1 is 0.767 bits per heavy atom. The van der Waals surface area contributed by atoms with Gasteiger partial charge in [-0.05, 0) is 76.8 Å². The van der Waals surface area contributed by atoms with Crippen molar-refractivity contribution in [2.75, 3.05) is 7.11 Å². The number of terminal acetylenes is 3. The lowest BCUT2D eigenvalue weighted by molar-refractivity contribution is 0.411. The second-order valence-corrected chi connectivity index (χ2v) is 10.7. The van der Waals surface area contributed by atoms with E-state index in [0.717, 1.165) is 45.6 Å². The first kappa shape index (κ1) is 29.2. The summed E-state index contributed by atoms with van der Waals surface area (Å²) >= 11 is 6.31. The van der Waals surface area contributed by atoms with Crippen LogP contribution in [-0.2, 0) is 6.42 Å². The van der Waals surface area contributed by atoms with Gasteiger partial charge in [-0.25, -0.2) is 0 Å². The average molecular weight is 573 g/mol. The second kappa shape index (κ2) is 13.1. The van der Waals surface area contributed by atoms with Crippen molar-refractivity contribution in [3.63, 3.8) is 0 Å². The number of methoxy groups -OCH3 is 1. The number of allylic oxidation sites excluding steroid dienone is 4. The molecule has 1 aliphatic rings. The maximum atomic E-state index is 6.46. The molecule has 0 N–H and O–H groups in total. The molecule has 0 bridgehead atoms. The molecule has 2 unspecified atom stereocenters. The highest BCUT2D eigenvalue weighted by Gasteiger charge is 2.49. The van der Waals surface area contributed by atoms with Crippen LogP contribution < -0.4 is 4.74 Å². The number of aryl methyl sites for hydroxylation is 1. The van der Waals surface area contributed by atoms with Gasteiger partial charge in [0.2, 0.25) is 0 Å². The molecule has 43 heavy (non-hydrogen) atoms. The van der Waals surface area contributed by atoms with Crippen molar-refractivity contribution in [1.29, 1.82) is 0 Å². The van der Waals surface area contributed by atoms with Crippen molar-refractivity contribution in [3.8, 4) is 54.6 Å². The number of ether oxygens (including phenoxy) is 1. The molecule has 1 aliphatic carbocycles. The first-order valence-electron chi connectivity index (χ1n) is 14.0. The SMILES string of the molecule is C#CC#CC1(CCc2ccccc2)C(c2ccccc2)=C(C#C)C(c2ccc(Cl)cc2)=C(C#C)C1c1ccc(OC)cc1. The quantitative estimate of drug-likeness (QED) is 0.201. The molecule has 0 aromatic heterocycles. The van der Waals surface area contributed by atoms with Crippen LogP contribution in [-0.4, -0.2) is 7.11 Å². The minimum absolute atomic E-state index is 0.369. The highest BCUT2D eigenvalue weighted by atomic mass is 35.5. The number of hydrogen-bond acceptors (Lipinski definition) is 1. The molecule has 0 heterocycles. The minimum atomic E-state index is -0.864. The van der Waals surface area contributed by atoms with Gasteiger partial charge in [0, 0.05) is 27.7 Å². The Morgan fingerprint density at radius 3 is 2.00 bits per heavy atom. The molecule has 0 spiro atoms. The second-order valence-electron chi connectivity index (χ2n) is 10.3. The molecule has 206 valence electrons. The van der Waals surface area contributed by atoms with Crippen molar-refractivity contribution in [2.24, 2.45) is 5.41 Å². The van der Waals surface area contributed by atoms with E-state index in [-0.39, 0.29) is 5.92 Å². The van der Waals surface area contributed by atoms with E-state index in [1.54, 1.807) is 7.11 Å². The minimum Gasteiger partial charge on any atom is -0.497 e. The molecule has 0 saturated heterocycles. The van der Waals surface area contributed by atoms with Crippen LogP contribution in [0.1, 0.15) is 34.6 Å². The fraction of sp³-hybridized carbons (Fsp3) is 0.122. The number of benzene rings is 4. The largest absolute Gasteiger partial charge is 0.497 e. The highest BCUT2D eigenvalue weighted by Crippen LogP contribution is 2.59. The Kier molecular flexibility index (Phi) is 8.90. The van der Waals surface area contributed by atoms with Crippen LogP contribution in [0.5, 0.6) is 5.75 Å². The highest BCUT2D eigenvalue weighted by molar-refractivity contribution is 6.30. The smallest absolute Gasteiger partial charge is 0.118 e. The molecule has 5 rings (SSSR count). The third kappa shape index (κ3) is 5.74. The van der Waals surface area contributed by atoms with Crippen LogP contribution >= 0.6 is 11.6 Å². The summed E-state index contributed by atoms with van der Waals surface area (Å²) in [4.78, 5) is 0. The average Bonchev–Trinajstić information content (AvgIpc) is 3.07. The van der Waals surface area contributed by atoms with Crippen molar-refractivity contribution < 1.29 is 4.74 Å². The Morgan fingerprint density at radius 2 is 1.42 bits per heavy atom. The van der Waals surface area contributed by atoms with E-state index in [4.69, 9.17) is 35.6 Å². The van der Waals surface area contributed by atoms with Gasteiger partial charge in [0.1, 0.15) is 5.75 Å². The molecule has 4 aromatic rings. The third-order valence-electron chi connectivity index (χ3n) is 7.95. The molecule has 2 heteroatoms. The molecule has 0 saturated carbocycles. The summed E-state index contributed by atoms with van der Waals surface area (Å²) in [5, 5.41) is 0.626. The maximum Gasteiger partial charge on any atom is 0.118 e. The monoisotopic (exact) mass is 572 g/mol. The van der Waals surface area contributed by atoms with Crippen LogP contribution in [0.15, 0.2) is 120 Å². The van der Waals surface area contributed by atoms with Gasteiger partial charge in [0.05, 0.1) is 12.5 Å². The van der Waals surface area contributed by atoms with E-state index in [0.29, 0.717) is 17.0 Å². The Balaban J connectivity index is 1.93. The van der Waals surface area contributed by atoms with Crippen LogP contribution in [0.2, 0.25) is 5.02 Å². The van der Waals surface area contributed by atoms with E-state index in [2.05, 4.69) is 66.0 Å². The van der Waals surface area contributed by atoms with Gasteiger partial charge in [-0.1, -0.05) is 114 Å². The first-order chi connectivity index (χ1) is 21.1. The van der Waals surface area contributed by atoms with Gasteiger partial charge in [0.15, 0.2) is 0 Å². The van der Waals surface area contributed by atoms with E-state index < -0.39 is 5.41 Å². The Bertz CT molecular complexity index is 1860. The molecule has 0 aliphatic heterocycles. The van der Waals surface area contributed by atoms with E-state index in [1.165, 1.54) is 5.56 Å². The van der Waals surface area contributed by atoms with Crippen molar-refractivity contribution in [3.05, 3.63) is 148 Å². The lowest BCUT2D eigenvalue weighted by Crippen LogP contribution is -2.35. The summed E-state index contributed by atoms with van der Waals surface area (Å²) in [6, 6.07) is 36.2. The summed E-state index contributed by atoms with van der Waals surface area (Å²) in [6.45, 7) is 0. The molecule has 0 amide bonds. The van der Waals surface area contributed by atoms with Crippen molar-refractivity contribution in [1.82, 2.24) is 0 Å². The normalized spacial score (nSPS) is 17.6. The predicted octanol–water partition coefficient (Wildman–Crippen LogP) is 8.88. The van der Waals surface area contributed by atoms with Crippen molar-refractivity contribution >= 4 is 22.7 Å². The zero-order chi connectivity index (χ0) is 30.2. The Hall–Kier alpha value is -5.31. The van der Waals surface area contributed by atoms with Gasteiger partial charge < -0.3 is 4.74 Å². The summed E-state index contributed by atoms with van der Waals surface area (Å²) in [7, 11) is 1.65. The summed E-state index contributed by atoms with van der Waals surface area (Å²) in [6.07, 6.45) is 20.1. The van der Waals surface area contributed by atoms with E-state index >= 15 is 0 Å². The van der Waals surface area contributed by atoms with Crippen LogP contribution in [0, 0.1) is 54.3 Å². The molecule has 1 nitrogen and oxygen atoms in total. The standard InChI is InChI=1S/C41H29ClO/c1-5-8-28-41(29-27-30-15-11-9-12-16-30)39(32-17-13-10-14-18-32)36(6-2)38(31-19-23-34(42)24-20-31)37(7-3)40(41)33-21-25-35(43-4)26-22-33/h1-3,9-26,40H,27,29H2,4H3. The zero-order valence-corrected chi connectivity index (χ0v) is 24.7. The van der Waals surface area contributed by atoms with Crippen molar-refractivity contribution in [2.45, 2.75) is 18.8 Å². The van der Waals surface area contributed by atoms with Gasteiger partial charge in [-0.15, -0.1) is 19.3 Å². The maximum absolute atomic E-state index is 6.46. The first-order valence-corrected chi connectivity index (χ1v) is 14.3. The fourth-order valence-electron chi connectivity index (χ4n) is 6.09. The molecular weight excluding hydrogens is 544 g/mol. The summed E-state index contributed by atoms with van der Waals surface area (Å²) in [5.74, 6) is 15.7. The number of rotatable bonds is 7. The molecular formula is C41H29ClO. The van der Waals surface area contributed by atoms with Crippen LogP contribution in [0.25, 0.3) is 11.1 Å². The number of halogens is 1. The van der Waals surface area contributed by atoms with Gasteiger partial charge >= 0.3 is 0 Å². The van der Waals surface area contributed by atoms with Gasteiger partial charge in [-0.2, -0.15) is 0 Å². The number of hydrogen-bond donors (Lipinski definition) is 0. The lowest BCUT2D eigenvalue weighted by Gasteiger charge is -2.45. The van der Waals surface area contributed by atoms with E-state index in [1.807, 2.05) is 72.8 Å². The van der Waals surface area contributed by atoms with Gasteiger partial charge in [-0.3, -0.25) is 0 Å². The fourth-order valence-corrected chi connectivity index (χ4v) is 6.21. The molecule has 4 aromatic carbocycles. The Labute approximate surface area is 260 Å². The van der Waals surface area contributed by atoms with Gasteiger partial charge in [0.25, 0.3) is 0 Å². The van der Waals surface area contributed by atoms with Crippen LogP contribution in [0.4, 0.5) is 0 Å². The van der Waals surface area contributed by atoms with Crippen LogP contribution in [0.3, 0.4) is 0 Å². The molecule has 2 atom stereocenters. The third-order valence-corrected chi connectivity index (χ3v) is 8.20. The zero-order valence-electron chi connectivity index (χ0n) is 23.9. The summed E-state index contributed by atoms with van der Waals surface area (Å²) < 4.78 is 5.50. The van der Waals surface area contributed by atoms with E-state index in [9.17, 15) is 0 Å². The topological polar surface area (TPSA) is 9.23 Å². The molecule has 0 radical (unpaired) electrons. The predicted molar refractivity (Wildman–Crippen MR) is 179 cm³/mol.